The minimum Gasteiger partial charge on any atom is -0.493 e. The van der Waals surface area contributed by atoms with Gasteiger partial charge in [-0.3, -0.25) is 4.79 Å². The lowest BCUT2D eigenvalue weighted by Gasteiger charge is -2.12. The molecule has 3 N–H and O–H groups in total. The molecular formula is C16H18N2O3. The Kier molecular flexibility index (Phi) is 4.33. The second-order valence-electron chi connectivity index (χ2n) is 4.56. The molecule has 0 aliphatic carbocycles. The zero-order valence-electron chi connectivity index (χ0n) is 12.3. The molecule has 0 spiro atoms. The molecule has 0 aliphatic heterocycles. The zero-order valence-corrected chi connectivity index (χ0v) is 12.3. The molecule has 0 saturated carbocycles. The van der Waals surface area contributed by atoms with Gasteiger partial charge in [0.1, 0.15) is 0 Å². The lowest BCUT2D eigenvalue weighted by Crippen LogP contribution is -2.14. The number of methoxy groups -OCH3 is 2. The summed E-state index contributed by atoms with van der Waals surface area (Å²) in [5.74, 6) is 0.890. The second-order valence-corrected chi connectivity index (χ2v) is 4.56. The van der Waals surface area contributed by atoms with Crippen LogP contribution in [0.1, 0.15) is 15.9 Å². The van der Waals surface area contributed by atoms with Crippen molar-refractivity contribution in [2.45, 2.75) is 6.92 Å². The smallest absolute Gasteiger partial charge is 0.257 e. The highest BCUT2D eigenvalue weighted by molar-refractivity contribution is 6.08. The number of rotatable bonds is 4. The van der Waals surface area contributed by atoms with Crippen LogP contribution in [0.2, 0.25) is 0 Å². The van der Waals surface area contributed by atoms with Crippen LogP contribution in [0.25, 0.3) is 0 Å². The third-order valence-corrected chi connectivity index (χ3v) is 3.21. The first-order valence-corrected chi connectivity index (χ1v) is 6.45. The summed E-state index contributed by atoms with van der Waals surface area (Å²) in [7, 11) is 3.10. The Morgan fingerprint density at radius 1 is 1.10 bits per heavy atom. The lowest BCUT2D eigenvalue weighted by atomic mass is 10.1. The number of hydrogen-bond acceptors (Lipinski definition) is 4. The van der Waals surface area contributed by atoms with Gasteiger partial charge < -0.3 is 20.5 Å². The van der Waals surface area contributed by atoms with Gasteiger partial charge in [-0.05, 0) is 30.7 Å². The molecule has 1 amide bonds. The molecule has 0 saturated heterocycles. The highest BCUT2D eigenvalue weighted by Crippen LogP contribution is 2.30. The molecule has 21 heavy (non-hydrogen) atoms. The first kappa shape index (κ1) is 14.7. The van der Waals surface area contributed by atoms with Crippen molar-refractivity contribution in [1.29, 1.82) is 0 Å². The molecule has 0 aromatic heterocycles. The minimum atomic E-state index is -0.261. The molecule has 2 aromatic rings. The van der Waals surface area contributed by atoms with E-state index < -0.39 is 0 Å². The number of nitrogens with two attached hydrogens (primary N) is 1. The van der Waals surface area contributed by atoms with Crippen LogP contribution in [-0.2, 0) is 0 Å². The normalized spacial score (nSPS) is 10.0. The van der Waals surface area contributed by atoms with E-state index in [1.54, 1.807) is 44.6 Å². The Bertz CT molecular complexity index is 669. The molecule has 0 fully saturated rings. The largest absolute Gasteiger partial charge is 0.493 e. The molecule has 5 nitrogen and oxygen atoms in total. The summed E-state index contributed by atoms with van der Waals surface area (Å²) in [6.07, 6.45) is 0. The minimum absolute atomic E-state index is 0.261. The summed E-state index contributed by atoms with van der Waals surface area (Å²) in [4.78, 5) is 12.3. The molecule has 0 atom stereocenters. The Morgan fingerprint density at radius 3 is 2.48 bits per heavy atom. The van der Waals surface area contributed by atoms with E-state index in [1.165, 1.54) is 0 Å². The third kappa shape index (κ3) is 3.08. The predicted molar refractivity (Wildman–Crippen MR) is 83.1 cm³/mol. The van der Waals surface area contributed by atoms with E-state index in [9.17, 15) is 4.79 Å². The number of aryl methyl sites for hydroxylation is 1. The van der Waals surface area contributed by atoms with E-state index in [1.807, 2.05) is 13.0 Å². The van der Waals surface area contributed by atoms with Gasteiger partial charge in [-0.15, -0.1) is 0 Å². The maximum absolute atomic E-state index is 12.3. The summed E-state index contributed by atoms with van der Waals surface area (Å²) >= 11 is 0. The van der Waals surface area contributed by atoms with E-state index in [4.69, 9.17) is 15.2 Å². The molecule has 0 heterocycles. The lowest BCUT2D eigenvalue weighted by molar-refractivity contribution is 0.102. The summed E-state index contributed by atoms with van der Waals surface area (Å²) in [6.45, 7) is 1.86. The Hall–Kier alpha value is -2.69. The van der Waals surface area contributed by atoms with Crippen LogP contribution < -0.4 is 20.5 Å². The van der Waals surface area contributed by atoms with E-state index in [2.05, 4.69) is 5.32 Å². The van der Waals surface area contributed by atoms with Crippen molar-refractivity contribution in [1.82, 2.24) is 0 Å². The molecule has 0 bridgehead atoms. The Balaban J connectivity index is 2.25. The van der Waals surface area contributed by atoms with Crippen molar-refractivity contribution in [3.63, 3.8) is 0 Å². The number of nitrogens with one attached hydrogen (secondary N) is 1. The zero-order chi connectivity index (χ0) is 15.4. The van der Waals surface area contributed by atoms with Gasteiger partial charge in [0.2, 0.25) is 0 Å². The van der Waals surface area contributed by atoms with Gasteiger partial charge in [-0.25, -0.2) is 0 Å². The predicted octanol–water partition coefficient (Wildman–Crippen LogP) is 2.85. The molecule has 2 aromatic carbocycles. The van der Waals surface area contributed by atoms with Crippen molar-refractivity contribution in [3.8, 4) is 11.5 Å². The molecule has 0 aliphatic rings. The average Bonchev–Trinajstić information content (AvgIpc) is 2.49. The number of nitrogen functional groups attached to an aromatic ring is 1. The summed E-state index contributed by atoms with van der Waals surface area (Å²) < 4.78 is 10.4. The fourth-order valence-corrected chi connectivity index (χ4v) is 1.99. The summed E-state index contributed by atoms with van der Waals surface area (Å²) in [6, 6.07) is 10.5. The van der Waals surface area contributed by atoms with Crippen LogP contribution in [-0.4, -0.2) is 20.1 Å². The van der Waals surface area contributed by atoms with E-state index in [0.29, 0.717) is 28.4 Å². The van der Waals surface area contributed by atoms with Crippen LogP contribution in [0.15, 0.2) is 36.4 Å². The summed E-state index contributed by atoms with van der Waals surface area (Å²) in [5.41, 5.74) is 8.34. The van der Waals surface area contributed by atoms with Gasteiger partial charge in [0.05, 0.1) is 19.8 Å². The monoisotopic (exact) mass is 286 g/mol. The quantitative estimate of drug-likeness (QED) is 0.848. The van der Waals surface area contributed by atoms with E-state index in [0.717, 1.165) is 5.56 Å². The molecule has 5 heteroatoms. The maximum atomic E-state index is 12.3. The number of anilines is 2. The van der Waals surface area contributed by atoms with Crippen molar-refractivity contribution < 1.29 is 14.3 Å². The number of ether oxygens (including phenoxy) is 2. The number of amides is 1. The SMILES string of the molecule is COc1ccc(NC(=O)c2cccc(C)c2N)cc1OC. The van der Waals surface area contributed by atoms with E-state index in [-0.39, 0.29) is 5.91 Å². The molecule has 0 radical (unpaired) electrons. The van der Waals surface area contributed by atoms with Crippen molar-refractivity contribution in [2.75, 3.05) is 25.3 Å². The van der Waals surface area contributed by atoms with Gasteiger partial charge >= 0.3 is 0 Å². The number of carbonyl (C=O) groups is 1. The number of para-hydroxylation sites is 1. The first-order valence-electron chi connectivity index (χ1n) is 6.45. The topological polar surface area (TPSA) is 73.6 Å². The molecule has 0 unspecified atom stereocenters. The van der Waals surface area contributed by atoms with Gasteiger partial charge in [0.25, 0.3) is 5.91 Å². The van der Waals surface area contributed by atoms with Crippen molar-refractivity contribution in [2.24, 2.45) is 0 Å². The molecule has 110 valence electrons. The fraction of sp³-hybridized carbons (Fsp3) is 0.188. The van der Waals surface area contributed by atoms with Crippen molar-refractivity contribution >= 4 is 17.3 Å². The standard InChI is InChI=1S/C16H18N2O3/c1-10-5-4-6-12(15(10)17)16(19)18-11-7-8-13(20-2)14(9-11)21-3/h4-9H,17H2,1-3H3,(H,18,19). The number of benzene rings is 2. The summed E-state index contributed by atoms with van der Waals surface area (Å²) in [5, 5.41) is 2.80. The van der Waals surface area contributed by atoms with Crippen LogP contribution in [0, 0.1) is 6.92 Å². The first-order chi connectivity index (χ1) is 10.1. The Morgan fingerprint density at radius 2 is 1.81 bits per heavy atom. The van der Waals surface area contributed by atoms with Gasteiger partial charge in [0, 0.05) is 17.4 Å². The van der Waals surface area contributed by atoms with Crippen LogP contribution >= 0.6 is 0 Å². The Labute approximate surface area is 123 Å². The molecule has 2 rings (SSSR count). The highest BCUT2D eigenvalue weighted by atomic mass is 16.5. The van der Waals surface area contributed by atoms with Crippen LogP contribution in [0.3, 0.4) is 0 Å². The van der Waals surface area contributed by atoms with Crippen LogP contribution in [0.5, 0.6) is 11.5 Å². The number of carbonyl (C=O) groups excluding carboxylic acids is 1. The van der Waals surface area contributed by atoms with Crippen molar-refractivity contribution in [3.05, 3.63) is 47.5 Å². The number of hydrogen-bond donors (Lipinski definition) is 2. The maximum Gasteiger partial charge on any atom is 0.257 e. The van der Waals surface area contributed by atoms with Gasteiger partial charge in [-0.2, -0.15) is 0 Å². The second kappa shape index (κ2) is 6.17. The van der Waals surface area contributed by atoms with Gasteiger partial charge in [-0.1, -0.05) is 12.1 Å². The van der Waals surface area contributed by atoms with E-state index >= 15 is 0 Å². The molecular weight excluding hydrogens is 268 g/mol. The average molecular weight is 286 g/mol. The fourth-order valence-electron chi connectivity index (χ4n) is 1.99. The van der Waals surface area contributed by atoms with Crippen LogP contribution in [0.4, 0.5) is 11.4 Å². The van der Waals surface area contributed by atoms with Gasteiger partial charge in [0.15, 0.2) is 11.5 Å². The third-order valence-electron chi connectivity index (χ3n) is 3.21. The highest BCUT2D eigenvalue weighted by Gasteiger charge is 2.12.